The van der Waals surface area contributed by atoms with Gasteiger partial charge in [0, 0.05) is 5.38 Å². The van der Waals surface area contributed by atoms with E-state index in [1.54, 1.807) is 11.3 Å². The number of benzene rings is 2. The van der Waals surface area contributed by atoms with E-state index in [4.69, 9.17) is 4.74 Å². The molecule has 24 heavy (non-hydrogen) atoms. The third-order valence-electron chi connectivity index (χ3n) is 3.64. The van der Waals surface area contributed by atoms with Crippen LogP contribution in [-0.2, 0) is 4.79 Å². The maximum absolute atomic E-state index is 12.1. The van der Waals surface area contributed by atoms with E-state index in [0.717, 1.165) is 25.9 Å². The predicted molar refractivity (Wildman–Crippen MR) is 101 cm³/mol. The molecule has 1 atom stereocenters. The second kappa shape index (κ2) is 7.32. The van der Waals surface area contributed by atoms with Crippen LogP contribution in [0.15, 0.2) is 46.3 Å². The molecule has 6 heteroatoms. The number of carbonyl (C=O) groups excluding carboxylic acids is 1. The van der Waals surface area contributed by atoms with Gasteiger partial charge in [-0.2, -0.15) is 0 Å². The van der Waals surface area contributed by atoms with E-state index in [2.05, 4.69) is 26.2 Å². The molecule has 1 aromatic heterocycles. The summed E-state index contributed by atoms with van der Waals surface area (Å²) in [6.07, 6.45) is 0. The molecule has 0 bridgehead atoms. The Hall–Kier alpha value is -1.92. The molecule has 0 aliphatic carbocycles. The Kier molecular flexibility index (Phi) is 5.16. The predicted octanol–water partition coefficient (Wildman–Crippen LogP) is 4.62. The number of rotatable bonds is 5. The Morgan fingerprint density at radius 2 is 2.12 bits per heavy atom. The first-order valence-electron chi connectivity index (χ1n) is 7.56. The molecule has 1 unspecified atom stereocenters. The van der Waals surface area contributed by atoms with Crippen molar-refractivity contribution in [3.05, 3.63) is 57.0 Å². The average Bonchev–Trinajstić information content (AvgIpc) is 3.01. The van der Waals surface area contributed by atoms with E-state index in [9.17, 15) is 4.79 Å². The van der Waals surface area contributed by atoms with Crippen LogP contribution in [0.2, 0.25) is 0 Å². The maximum Gasteiger partial charge on any atom is 0.258 e. The molecule has 3 rings (SSSR count). The van der Waals surface area contributed by atoms with Gasteiger partial charge in [0.15, 0.2) is 6.61 Å². The summed E-state index contributed by atoms with van der Waals surface area (Å²) >= 11 is 5.13. The zero-order valence-electron chi connectivity index (χ0n) is 13.4. The minimum atomic E-state index is -0.173. The third kappa shape index (κ3) is 3.76. The van der Waals surface area contributed by atoms with Gasteiger partial charge in [-0.3, -0.25) is 4.79 Å². The molecule has 0 spiro atoms. The highest BCUT2D eigenvalue weighted by molar-refractivity contribution is 9.10. The monoisotopic (exact) mass is 404 g/mol. The van der Waals surface area contributed by atoms with Crippen LogP contribution in [0.1, 0.15) is 23.7 Å². The molecular weight excluding hydrogens is 388 g/mol. The lowest BCUT2D eigenvalue weighted by Gasteiger charge is -2.13. The fourth-order valence-corrected chi connectivity index (χ4v) is 3.72. The second-order valence-electron chi connectivity index (χ2n) is 5.47. The molecule has 1 N–H and O–H groups in total. The van der Waals surface area contributed by atoms with E-state index in [-0.39, 0.29) is 18.6 Å². The second-order valence-corrected chi connectivity index (χ2v) is 7.32. The molecule has 0 saturated carbocycles. The van der Waals surface area contributed by atoms with Crippen LogP contribution in [0.25, 0.3) is 10.8 Å². The first-order valence-corrected chi connectivity index (χ1v) is 9.23. The zero-order chi connectivity index (χ0) is 17.1. The first-order chi connectivity index (χ1) is 11.5. The summed E-state index contributed by atoms with van der Waals surface area (Å²) in [5, 5.41) is 8.03. The molecule has 0 radical (unpaired) electrons. The quantitative estimate of drug-likeness (QED) is 0.674. The summed E-state index contributed by atoms with van der Waals surface area (Å²) in [5.74, 6) is 0.481. The molecular formula is C18H17BrN2O2S. The van der Waals surface area contributed by atoms with Gasteiger partial charge < -0.3 is 10.1 Å². The lowest BCUT2D eigenvalue weighted by molar-refractivity contribution is -0.123. The van der Waals surface area contributed by atoms with Gasteiger partial charge in [0.05, 0.1) is 21.2 Å². The van der Waals surface area contributed by atoms with Gasteiger partial charge in [0.1, 0.15) is 5.75 Å². The summed E-state index contributed by atoms with van der Waals surface area (Å²) in [4.78, 5) is 16.5. The Labute approximate surface area is 153 Å². The minimum Gasteiger partial charge on any atom is -0.483 e. The number of nitrogens with one attached hydrogen (secondary N) is 1. The van der Waals surface area contributed by atoms with Gasteiger partial charge in [-0.05, 0) is 46.6 Å². The van der Waals surface area contributed by atoms with Crippen molar-refractivity contribution in [2.24, 2.45) is 0 Å². The minimum absolute atomic E-state index is 0.0373. The molecule has 0 saturated heterocycles. The molecule has 0 aliphatic heterocycles. The van der Waals surface area contributed by atoms with Crippen molar-refractivity contribution in [1.29, 1.82) is 0 Å². The average molecular weight is 405 g/mol. The van der Waals surface area contributed by atoms with Crippen molar-refractivity contribution >= 4 is 43.9 Å². The molecule has 1 amide bonds. The molecule has 3 aromatic rings. The number of nitrogens with zero attached hydrogens (tertiary/aromatic N) is 1. The molecule has 124 valence electrons. The van der Waals surface area contributed by atoms with Gasteiger partial charge in [-0.25, -0.2) is 4.98 Å². The number of aryl methyl sites for hydroxylation is 1. The molecule has 0 aliphatic rings. The van der Waals surface area contributed by atoms with Gasteiger partial charge in [-0.15, -0.1) is 11.3 Å². The number of thiazole rings is 1. The topological polar surface area (TPSA) is 51.2 Å². The van der Waals surface area contributed by atoms with Crippen LogP contribution >= 0.6 is 27.3 Å². The number of ether oxygens (including phenoxy) is 1. The smallest absolute Gasteiger partial charge is 0.258 e. The summed E-state index contributed by atoms with van der Waals surface area (Å²) in [6, 6.07) is 11.7. The van der Waals surface area contributed by atoms with Crippen molar-refractivity contribution in [3.63, 3.8) is 0 Å². The first kappa shape index (κ1) is 16.9. The Morgan fingerprint density at radius 1 is 1.33 bits per heavy atom. The van der Waals surface area contributed by atoms with Gasteiger partial charge in [0.25, 0.3) is 5.91 Å². The number of hydrogen-bond donors (Lipinski definition) is 1. The van der Waals surface area contributed by atoms with E-state index in [1.807, 2.05) is 55.6 Å². The van der Waals surface area contributed by atoms with Crippen LogP contribution in [0, 0.1) is 6.92 Å². The number of halogens is 1. The number of fused-ring (bicyclic) bond motifs is 1. The Balaban J connectivity index is 1.63. The van der Waals surface area contributed by atoms with Crippen LogP contribution < -0.4 is 10.1 Å². The SMILES string of the molecule is Cc1nc(C(C)NC(=O)COc2ccc3ccccc3c2Br)cs1. The Bertz CT molecular complexity index is 878. The van der Waals surface area contributed by atoms with Gasteiger partial charge in [0.2, 0.25) is 0 Å². The van der Waals surface area contributed by atoms with Gasteiger partial charge in [-0.1, -0.05) is 30.3 Å². The van der Waals surface area contributed by atoms with E-state index in [0.29, 0.717) is 5.75 Å². The maximum atomic E-state index is 12.1. The van der Waals surface area contributed by atoms with Gasteiger partial charge >= 0.3 is 0 Å². The number of amides is 1. The molecule has 1 heterocycles. The van der Waals surface area contributed by atoms with Crippen molar-refractivity contribution in [1.82, 2.24) is 10.3 Å². The third-order valence-corrected chi connectivity index (χ3v) is 5.25. The normalized spacial score (nSPS) is 12.1. The van der Waals surface area contributed by atoms with E-state index in [1.165, 1.54) is 0 Å². The number of hydrogen-bond acceptors (Lipinski definition) is 4. The fraction of sp³-hybridized carbons (Fsp3) is 0.222. The Morgan fingerprint density at radius 3 is 2.88 bits per heavy atom. The highest BCUT2D eigenvalue weighted by Crippen LogP contribution is 2.32. The van der Waals surface area contributed by atoms with Crippen molar-refractivity contribution in [3.8, 4) is 5.75 Å². The molecule has 4 nitrogen and oxygen atoms in total. The van der Waals surface area contributed by atoms with Crippen molar-refractivity contribution in [2.75, 3.05) is 6.61 Å². The highest BCUT2D eigenvalue weighted by Gasteiger charge is 2.13. The number of aromatic nitrogens is 1. The summed E-state index contributed by atoms with van der Waals surface area (Å²) in [7, 11) is 0. The van der Waals surface area contributed by atoms with Crippen molar-refractivity contribution < 1.29 is 9.53 Å². The van der Waals surface area contributed by atoms with Crippen LogP contribution in [0.4, 0.5) is 0 Å². The van der Waals surface area contributed by atoms with Crippen LogP contribution in [-0.4, -0.2) is 17.5 Å². The zero-order valence-corrected chi connectivity index (χ0v) is 15.8. The lowest BCUT2D eigenvalue weighted by atomic mass is 10.1. The molecule has 2 aromatic carbocycles. The standard InChI is InChI=1S/C18H17BrN2O2S/c1-11(15-10-24-12(2)21-15)20-17(22)9-23-16-8-7-13-5-3-4-6-14(13)18(16)19/h3-8,10-11H,9H2,1-2H3,(H,20,22). The van der Waals surface area contributed by atoms with E-state index < -0.39 is 0 Å². The van der Waals surface area contributed by atoms with E-state index >= 15 is 0 Å². The summed E-state index contributed by atoms with van der Waals surface area (Å²) < 4.78 is 6.53. The fourth-order valence-electron chi connectivity index (χ4n) is 2.40. The van der Waals surface area contributed by atoms with Crippen molar-refractivity contribution in [2.45, 2.75) is 19.9 Å². The summed E-state index contributed by atoms with van der Waals surface area (Å²) in [6.45, 7) is 3.83. The summed E-state index contributed by atoms with van der Waals surface area (Å²) in [5.41, 5.74) is 0.873. The number of carbonyl (C=O) groups is 1. The largest absolute Gasteiger partial charge is 0.483 e. The highest BCUT2D eigenvalue weighted by atomic mass is 79.9. The van der Waals surface area contributed by atoms with Crippen LogP contribution in [0.3, 0.4) is 0 Å². The van der Waals surface area contributed by atoms with Crippen LogP contribution in [0.5, 0.6) is 5.75 Å². The lowest BCUT2D eigenvalue weighted by Crippen LogP contribution is -2.31. The molecule has 0 fully saturated rings.